The lowest BCUT2D eigenvalue weighted by molar-refractivity contribution is -0.165. The normalized spacial score (nSPS) is 38.8. The van der Waals surface area contributed by atoms with Crippen LogP contribution in [0.25, 0.3) is 0 Å². The largest absolute Gasteiger partial charge is 0.508 e. The van der Waals surface area contributed by atoms with Crippen LogP contribution in [0.15, 0.2) is 18.2 Å². The van der Waals surface area contributed by atoms with Crippen LogP contribution in [-0.4, -0.2) is 16.7 Å². The Balaban J connectivity index is 1.70. The molecule has 0 saturated heterocycles. The molecule has 1 aromatic rings. The number of carbonyl (C=O) groups is 1. The van der Waals surface area contributed by atoms with Gasteiger partial charge in [0.05, 0.1) is 0 Å². The fourth-order valence-electron chi connectivity index (χ4n) is 6.25. The Labute approximate surface area is 149 Å². The first kappa shape index (κ1) is 16.5. The van der Waals surface area contributed by atoms with Gasteiger partial charge in [-0.05, 0) is 79.5 Å². The average Bonchev–Trinajstić information content (AvgIpc) is 2.87. The first-order valence-corrected chi connectivity index (χ1v) is 9.39. The Hall–Kier alpha value is -1.95. The minimum atomic E-state index is -0.746. The molecule has 3 aliphatic rings. The average molecular weight is 338 g/mol. The number of phenols is 1. The summed E-state index contributed by atoms with van der Waals surface area (Å²) in [6.07, 6.45) is 11.9. The van der Waals surface area contributed by atoms with Crippen LogP contribution in [0.3, 0.4) is 0 Å². The van der Waals surface area contributed by atoms with Crippen LogP contribution in [0.4, 0.5) is 0 Å². The van der Waals surface area contributed by atoms with Crippen molar-refractivity contribution in [2.45, 2.75) is 63.9 Å². The van der Waals surface area contributed by atoms with Crippen LogP contribution in [-0.2, 0) is 16.0 Å². The SMILES string of the molecule is C#C[C@@]1(OC(C)=O)CC[C@@H]2[C@H]3CCc4cc(O)ccc4[C@@H]3CC[C@]21C. The molecule has 0 amide bonds. The highest BCUT2D eigenvalue weighted by atomic mass is 16.6. The van der Waals surface area contributed by atoms with Crippen LogP contribution in [0.5, 0.6) is 5.75 Å². The maximum Gasteiger partial charge on any atom is 0.304 e. The predicted molar refractivity (Wildman–Crippen MR) is 96.1 cm³/mol. The van der Waals surface area contributed by atoms with E-state index in [0.717, 1.165) is 38.5 Å². The second kappa shape index (κ2) is 5.53. The standard InChI is InChI=1S/C22H26O3/c1-4-22(25-14(2)23)12-10-20-19-7-5-15-13-16(24)6-8-17(15)18(19)9-11-21(20,22)3/h1,6,8,13,18-20,24H,5,7,9-12H2,2-3H3/t18-,19-,20+,21+,22+/m0/s1. The monoisotopic (exact) mass is 338 g/mol. The van der Waals surface area contributed by atoms with E-state index in [4.69, 9.17) is 11.2 Å². The molecule has 3 aliphatic carbocycles. The predicted octanol–water partition coefficient (Wildman–Crippen LogP) is 4.18. The molecule has 1 aromatic carbocycles. The van der Waals surface area contributed by atoms with Crippen molar-refractivity contribution in [3.8, 4) is 18.1 Å². The highest BCUT2D eigenvalue weighted by molar-refractivity contribution is 5.67. The zero-order valence-electron chi connectivity index (χ0n) is 15.0. The highest BCUT2D eigenvalue weighted by Gasteiger charge is 2.63. The van der Waals surface area contributed by atoms with Gasteiger partial charge in [0.1, 0.15) is 5.75 Å². The number of ether oxygens (including phenoxy) is 1. The summed E-state index contributed by atoms with van der Waals surface area (Å²) >= 11 is 0. The molecule has 0 unspecified atom stereocenters. The Kier molecular flexibility index (Phi) is 3.65. The third-order valence-corrected chi connectivity index (χ3v) is 7.38. The van der Waals surface area contributed by atoms with E-state index in [0.29, 0.717) is 23.5 Å². The molecule has 4 rings (SSSR count). The van der Waals surface area contributed by atoms with Crippen molar-refractivity contribution in [1.29, 1.82) is 0 Å². The molecule has 1 N–H and O–H groups in total. The number of hydrogen-bond donors (Lipinski definition) is 1. The van der Waals surface area contributed by atoms with Gasteiger partial charge >= 0.3 is 5.97 Å². The van der Waals surface area contributed by atoms with Crippen LogP contribution >= 0.6 is 0 Å². The van der Waals surface area contributed by atoms with E-state index in [2.05, 4.69) is 18.9 Å². The summed E-state index contributed by atoms with van der Waals surface area (Å²) in [5.41, 5.74) is 1.82. The van der Waals surface area contributed by atoms with Crippen LogP contribution < -0.4 is 0 Å². The van der Waals surface area contributed by atoms with Gasteiger partial charge in [-0.25, -0.2) is 0 Å². The zero-order chi connectivity index (χ0) is 17.8. The minimum absolute atomic E-state index is 0.136. The van der Waals surface area contributed by atoms with Gasteiger partial charge in [-0.15, -0.1) is 6.42 Å². The van der Waals surface area contributed by atoms with Crippen molar-refractivity contribution in [1.82, 2.24) is 0 Å². The molecule has 0 heterocycles. The summed E-state index contributed by atoms with van der Waals surface area (Å²) in [4.78, 5) is 11.7. The van der Waals surface area contributed by atoms with Gasteiger partial charge in [-0.3, -0.25) is 4.79 Å². The third kappa shape index (κ3) is 2.23. The summed E-state index contributed by atoms with van der Waals surface area (Å²) in [6, 6.07) is 5.85. The molecule has 5 atom stereocenters. The highest BCUT2D eigenvalue weighted by Crippen LogP contribution is 2.65. The van der Waals surface area contributed by atoms with Crippen molar-refractivity contribution < 1.29 is 14.6 Å². The molecular formula is C22H26O3. The number of phenolic OH excluding ortho intramolecular Hbond substituents is 1. The van der Waals surface area contributed by atoms with Crippen molar-refractivity contribution in [2.24, 2.45) is 17.3 Å². The lowest BCUT2D eigenvalue weighted by atomic mass is 9.53. The third-order valence-electron chi connectivity index (χ3n) is 7.38. The van der Waals surface area contributed by atoms with E-state index >= 15 is 0 Å². The molecule has 0 spiro atoms. The van der Waals surface area contributed by atoms with Crippen molar-refractivity contribution >= 4 is 5.97 Å². The molecule has 2 saturated carbocycles. The van der Waals surface area contributed by atoms with Crippen molar-refractivity contribution in [2.75, 3.05) is 0 Å². The van der Waals surface area contributed by atoms with Crippen LogP contribution in [0, 0.1) is 29.6 Å². The number of aryl methyl sites for hydroxylation is 1. The number of rotatable bonds is 1. The molecule has 25 heavy (non-hydrogen) atoms. The second-order valence-electron chi connectivity index (χ2n) is 8.36. The van der Waals surface area contributed by atoms with E-state index < -0.39 is 5.60 Å². The lowest BCUT2D eigenvalue weighted by Crippen LogP contribution is -2.52. The molecular weight excluding hydrogens is 312 g/mol. The lowest BCUT2D eigenvalue weighted by Gasteiger charge is -2.52. The van der Waals surface area contributed by atoms with E-state index in [1.54, 1.807) is 0 Å². The number of carbonyl (C=O) groups excluding carboxylic acids is 1. The van der Waals surface area contributed by atoms with Gasteiger partial charge in [0, 0.05) is 12.3 Å². The molecule has 0 aliphatic heterocycles. The van der Waals surface area contributed by atoms with Crippen molar-refractivity contribution in [3.05, 3.63) is 29.3 Å². The topological polar surface area (TPSA) is 46.5 Å². The van der Waals surface area contributed by atoms with Gasteiger partial charge in [-0.1, -0.05) is 18.9 Å². The summed E-state index contributed by atoms with van der Waals surface area (Å²) in [5.74, 6) is 4.59. The number of esters is 1. The molecule has 132 valence electrons. The van der Waals surface area contributed by atoms with Crippen LogP contribution in [0.2, 0.25) is 0 Å². The minimum Gasteiger partial charge on any atom is -0.508 e. The van der Waals surface area contributed by atoms with Gasteiger partial charge in [0.25, 0.3) is 0 Å². The van der Waals surface area contributed by atoms with E-state index in [-0.39, 0.29) is 11.4 Å². The molecule has 3 nitrogen and oxygen atoms in total. The maximum atomic E-state index is 11.7. The summed E-state index contributed by atoms with van der Waals surface area (Å²) in [5, 5.41) is 9.79. The number of benzene rings is 1. The van der Waals surface area contributed by atoms with Gasteiger partial charge in [0.15, 0.2) is 5.60 Å². The number of hydrogen-bond acceptors (Lipinski definition) is 3. The fraction of sp³-hybridized carbons (Fsp3) is 0.591. The summed E-state index contributed by atoms with van der Waals surface area (Å²) in [7, 11) is 0. The van der Waals surface area contributed by atoms with E-state index in [1.807, 2.05) is 12.1 Å². The first-order valence-electron chi connectivity index (χ1n) is 9.39. The number of terminal acetylenes is 1. The van der Waals surface area contributed by atoms with E-state index in [9.17, 15) is 9.90 Å². The Bertz CT molecular complexity index is 761. The smallest absolute Gasteiger partial charge is 0.304 e. The van der Waals surface area contributed by atoms with E-state index in [1.165, 1.54) is 18.1 Å². The van der Waals surface area contributed by atoms with Crippen LogP contribution in [0.1, 0.15) is 63.0 Å². The second-order valence-corrected chi connectivity index (χ2v) is 8.36. The van der Waals surface area contributed by atoms with Gasteiger partial charge in [-0.2, -0.15) is 0 Å². The fourth-order valence-corrected chi connectivity index (χ4v) is 6.25. The quantitative estimate of drug-likeness (QED) is 0.617. The Morgan fingerprint density at radius 3 is 2.84 bits per heavy atom. The summed E-state index contributed by atoms with van der Waals surface area (Å²) in [6.45, 7) is 3.71. The Morgan fingerprint density at radius 1 is 1.32 bits per heavy atom. The number of fused-ring (bicyclic) bond motifs is 5. The molecule has 0 radical (unpaired) electrons. The van der Waals surface area contributed by atoms with Gasteiger partial charge in [0.2, 0.25) is 0 Å². The molecule has 3 heteroatoms. The zero-order valence-corrected chi connectivity index (χ0v) is 15.0. The first-order chi connectivity index (χ1) is 11.9. The van der Waals surface area contributed by atoms with Gasteiger partial charge < -0.3 is 9.84 Å². The summed E-state index contributed by atoms with van der Waals surface area (Å²) < 4.78 is 5.78. The molecule has 2 fully saturated rings. The Morgan fingerprint density at radius 2 is 2.12 bits per heavy atom. The molecule has 0 aromatic heterocycles. The number of aromatic hydroxyl groups is 1. The molecule has 0 bridgehead atoms. The van der Waals surface area contributed by atoms with Crippen molar-refractivity contribution in [3.63, 3.8) is 0 Å². The maximum absolute atomic E-state index is 11.7.